The molecule has 1 rings (SSSR count). The molecule has 0 aromatic carbocycles. The quantitative estimate of drug-likeness (QED) is 0.710. The second-order valence-electron chi connectivity index (χ2n) is 2.41. The van der Waals surface area contributed by atoms with Gasteiger partial charge in [-0.3, -0.25) is 0 Å². The van der Waals surface area contributed by atoms with Gasteiger partial charge in [-0.25, -0.2) is 9.97 Å². The van der Waals surface area contributed by atoms with Gasteiger partial charge in [-0.1, -0.05) is 13.3 Å². The molecule has 0 aliphatic rings. The lowest BCUT2D eigenvalue weighted by atomic mass is 10.2. The predicted molar refractivity (Wildman–Crippen MR) is 41.9 cm³/mol. The standard InChI is InChI=1S/C8H12N2O/c1-2-4-7(11)8-9-5-3-6-10-8/h3,5-7,11H,2,4H2,1H3/t7-/m1/s1. The van der Waals surface area contributed by atoms with E-state index in [0.29, 0.717) is 5.82 Å². The summed E-state index contributed by atoms with van der Waals surface area (Å²) < 4.78 is 0. The van der Waals surface area contributed by atoms with E-state index in [1.165, 1.54) is 0 Å². The highest BCUT2D eigenvalue weighted by Crippen LogP contribution is 2.11. The molecule has 1 aromatic heterocycles. The van der Waals surface area contributed by atoms with E-state index in [-0.39, 0.29) is 0 Å². The maximum atomic E-state index is 9.40. The molecular formula is C8H12N2O. The van der Waals surface area contributed by atoms with Gasteiger partial charge in [-0.2, -0.15) is 0 Å². The minimum absolute atomic E-state index is 0.499. The summed E-state index contributed by atoms with van der Waals surface area (Å²) in [7, 11) is 0. The van der Waals surface area contributed by atoms with Crippen molar-refractivity contribution < 1.29 is 5.11 Å². The lowest BCUT2D eigenvalue weighted by molar-refractivity contribution is 0.156. The maximum absolute atomic E-state index is 9.40. The predicted octanol–water partition coefficient (Wildman–Crippen LogP) is 1.31. The van der Waals surface area contributed by atoms with Crippen molar-refractivity contribution in [1.82, 2.24) is 9.97 Å². The maximum Gasteiger partial charge on any atom is 0.156 e. The highest BCUT2D eigenvalue weighted by molar-refractivity contribution is 4.91. The van der Waals surface area contributed by atoms with Crippen molar-refractivity contribution >= 4 is 0 Å². The van der Waals surface area contributed by atoms with Crippen LogP contribution in [0.2, 0.25) is 0 Å². The minimum atomic E-state index is -0.499. The molecule has 1 heterocycles. The van der Waals surface area contributed by atoms with Crippen LogP contribution in [0.5, 0.6) is 0 Å². The highest BCUT2D eigenvalue weighted by atomic mass is 16.3. The topological polar surface area (TPSA) is 46.0 Å². The molecule has 1 N–H and O–H groups in total. The second-order valence-corrected chi connectivity index (χ2v) is 2.41. The molecule has 0 aliphatic carbocycles. The molecule has 0 spiro atoms. The van der Waals surface area contributed by atoms with Crippen LogP contribution in [0.3, 0.4) is 0 Å². The summed E-state index contributed by atoms with van der Waals surface area (Å²) in [6.07, 6.45) is 4.45. The Hall–Kier alpha value is -0.960. The number of nitrogens with zero attached hydrogens (tertiary/aromatic N) is 2. The smallest absolute Gasteiger partial charge is 0.156 e. The zero-order valence-electron chi connectivity index (χ0n) is 6.57. The summed E-state index contributed by atoms with van der Waals surface area (Å²) in [4.78, 5) is 7.87. The zero-order valence-corrected chi connectivity index (χ0v) is 6.57. The number of aliphatic hydroxyl groups excluding tert-OH is 1. The molecule has 1 atom stereocenters. The summed E-state index contributed by atoms with van der Waals surface area (Å²) in [5, 5.41) is 9.40. The number of hydrogen-bond donors (Lipinski definition) is 1. The molecule has 0 amide bonds. The molecule has 0 bridgehead atoms. The molecule has 3 heteroatoms. The summed E-state index contributed by atoms with van der Waals surface area (Å²) >= 11 is 0. The van der Waals surface area contributed by atoms with Crippen LogP contribution in [0.15, 0.2) is 18.5 Å². The average Bonchev–Trinajstić information content (AvgIpc) is 2.07. The van der Waals surface area contributed by atoms with Crippen LogP contribution in [0.4, 0.5) is 0 Å². The van der Waals surface area contributed by atoms with E-state index in [1.54, 1.807) is 18.5 Å². The van der Waals surface area contributed by atoms with Crippen molar-refractivity contribution in [3.8, 4) is 0 Å². The third-order valence-electron chi connectivity index (χ3n) is 1.45. The zero-order chi connectivity index (χ0) is 8.10. The van der Waals surface area contributed by atoms with Crippen molar-refractivity contribution in [2.45, 2.75) is 25.9 Å². The molecule has 0 saturated carbocycles. The number of aromatic nitrogens is 2. The molecule has 3 nitrogen and oxygen atoms in total. The first-order valence-electron chi connectivity index (χ1n) is 3.79. The number of hydrogen-bond acceptors (Lipinski definition) is 3. The molecule has 11 heavy (non-hydrogen) atoms. The third-order valence-corrected chi connectivity index (χ3v) is 1.45. The Kier molecular flexibility index (Phi) is 2.98. The molecule has 1 aromatic rings. The Morgan fingerprint density at radius 2 is 2.09 bits per heavy atom. The average molecular weight is 152 g/mol. The van der Waals surface area contributed by atoms with Gasteiger partial charge < -0.3 is 5.11 Å². The van der Waals surface area contributed by atoms with Gasteiger partial charge in [-0.05, 0) is 12.5 Å². The van der Waals surface area contributed by atoms with E-state index in [2.05, 4.69) is 9.97 Å². The van der Waals surface area contributed by atoms with Gasteiger partial charge in [0.25, 0.3) is 0 Å². The Bertz CT molecular complexity index is 201. The fourth-order valence-corrected chi connectivity index (χ4v) is 0.885. The Balaban J connectivity index is 2.61. The van der Waals surface area contributed by atoms with E-state index in [1.807, 2.05) is 6.92 Å². The first-order chi connectivity index (χ1) is 5.34. The van der Waals surface area contributed by atoms with E-state index >= 15 is 0 Å². The van der Waals surface area contributed by atoms with Crippen LogP contribution in [-0.4, -0.2) is 15.1 Å². The van der Waals surface area contributed by atoms with Crippen molar-refractivity contribution in [2.24, 2.45) is 0 Å². The summed E-state index contributed by atoms with van der Waals surface area (Å²) in [6, 6.07) is 1.74. The first-order valence-corrected chi connectivity index (χ1v) is 3.79. The van der Waals surface area contributed by atoms with Crippen molar-refractivity contribution in [1.29, 1.82) is 0 Å². The van der Waals surface area contributed by atoms with Gasteiger partial charge in [0.2, 0.25) is 0 Å². The van der Waals surface area contributed by atoms with Crippen molar-refractivity contribution in [2.75, 3.05) is 0 Å². The van der Waals surface area contributed by atoms with Crippen molar-refractivity contribution in [3.63, 3.8) is 0 Å². The summed E-state index contributed by atoms with van der Waals surface area (Å²) in [5.41, 5.74) is 0. The summed E-state index contributed by atoms with van der Waals surface area (Å²) in [6.45, 7) is 2.02. The molecule has 0 fully saturated rings. The Morgan fingerprint density at radius 1 is 1.45 bits per heavy atom. The molecule has 0 aliphatic heterocycles. The van der Waals surface area contributed by atoms with Gasteiger partial charge in [0, 0.05) is 12.4 Å². The van der Waals surface area contributed by atoms with Gasteiger partial charge in [0.15, 0.2) is 5.82 Å². The molecule has 60 valence electrons. The second kappa shape index (κ2) is 4.03. The monoisotopic (exact) mass is 152 g/mol. The third kappa shape index (κ3) is 2.27. The normalized spacial score (nSPS) is 12.9. The van der Waals surface area contributed by atoms with Gasteiger partial charge in [0.05, 0.1) is 0 Å². The van der Waals surface area contributed by atoms with Crippen LogP contribution >= 0.6 is 0 Å². The number of aliphatic hydroxyl groups is 1. The lowest BCUT2D eigenvalue weighted by Crippen LogP contribution is -2.01. The van der Waals surface area contributed by atoms with E-state index in [9.17, 15) is 5.11 Å². The van der Waals surface area contributed by atoms with Crippen molar-refractivity contribution in [3.05, 3.63) is 24.3 Å². The number of rotatable bonds is 3. The van der Waals surface area contributed by atoms with Gasteiger partial charge in [0.1, 0.15) is 6.10 Å². The van der Waals surface area contributed by atoms with E-state index in [4.69, 9.17) is 0 Å². The van der Waals surface area contributed by atoms with E-state index < -0.39 is 6.10 Å². The molecule has 0 unspecified atom stereocenters. The van der Waals surface area contributed by atoms with Crippen LogP contribution in [0.1, 0.15) is 31.7 Å². The van der Waals surface area contributed by atoms with Crippen LogP contribution in [0, 0.1) is 0 Å². The molecule has 0 saturated heterocycles. The Morgan fingerprint density at radius 3 is 2.64 bits per heavy atom. The first kappa shape index (κ1) is 8.14. The fraction of sp³-hybridized carbons (Fsp3) is 0.500. The molecular weight excluding hydrogens is 140 g/mol. The summed E-state index contributed by atoms with van der Waals surface area (Å²) in [5.74, 6) is 0.523. The van der Waals surface area contributed by atoms with Crippen LogP contribution < -0.4 is 0 Å². The Labute approximate surface area is 66.1 Å². The van der Waals surface area contributed by atoms with Crippen LogP contribution in [0.25, 0.3) is 0 Å². The molecule has 0 radical (unpaired) electrons. The van der Waals surface area contributed by atoms with Gasteiger partial charge >= 0.3 is 0 Å². The fourth-order valence-electron chi connectivity index (χ4n) is 0.885. The van der Waals surface area contributed by atoms with Gasteiger partial charge in [-0.15, -0.1) is 0 Å². The largest absolute Gasteiger partial charge is 0.385 e. The highest BCUT2D eigenvalue weighted by Gasteiger charge is 2.06. The minimum Gasteiger partial charge on any atom is -0.385 e. The SMILES string of the molecule is CCC[C@@H](O)c1ncccn1. The van der Waals surface area contributed by atoms with E-state index in [0.717, 1.165) is 12.8 Å². The van der Waals surface area contributed by atoms with Crippen LogP contribution in [-0.2, 0) is 0 Å². The lowest BCUT2D eigenvalue weighted by Gasteiger charge is -2.05.